The first-order valence-electron chi connectivity index (χ1n) is 7.20. The largest absolute Gasteiger partial charge is 0.488 e. The molecule has 0 spiro atoms. The second-order valence-corrected chi connectivity index (χ2v) is 5.90. The Hall–Kier alpha value is -1.67. The van der Waals surface area contributed by atoms with Crippen molar-refractivity contribution in [3.8, 4) is 5.75 Å². The van der Waals surface area contributed by atoms with Crippen molar-refractivity contribution in [2.75, 3.05) is 11.9 Å². The van der Waals surface area contributed by atoms with Crippen LogP contribution in [-0.2, 0) is 0 Å². The fourth-order valence-electron chi connectivity index (χ4n) is 2.19. The zero-order valence-electron chi connectivity index (χ0n) is 13.0. The summed E-state index contributed by atoms with van der Waals surface area (Å²) in [5, 5.41) is 4.14. The highest BCUT2D eigenvalue weighted by atomic mass is 35.5. The van der Waals surface area contributed by atoms with E-state index in [4.69, 9.17) is 16.3 Å². The molecule has 0 fully saturated rings. The highest BCUT2D eigenvalue weighted by Gasteiger charge is 2.09. The molecule has 21 heavy (non-hydrogen) atoms. The molecule has 2 aromatic carbocycles. The van der Waals surface area contributed by atoms with Crippen molar-refractivity contribution < 1.29 is 4.74 Å². The van der Waals surface area contributed by atoms with Crippen LogP contribution in [0.4, 0.5) is 5.69 Å². The number of ether oxygens (including phenoxy) is 1. The maximum atomic E-state index is 6.13. The van der Waals surface area contributed by atoms with Crippen LogP contribution in [0.2, 0.25) is 5.02 Å². The lowest BCUT2D eigenvalue weighted by atomic mass is 10.1. The molecule has 0 radical (unpaired) electrons. The first-order valence-corrected chi connectivity index (χ1v) is 7.58. The number of hydrogen-bond acceptors (Lipinski definition) is 2. The van der Waals surface area contributed by atoms with E-state index in [1.54, 1.807) is 0 Å². The van der Waals surface area contributed by atoms with Gasteiger partial charge in [0.2, 0.25) is 0 Å². The predicted octanol–water partition coefficient (Wildman–Crippen LogP) is 5.14. The fraction of sp³-hybridized carbons (Fsp3) is 0.333. The van der Waals surface area contributed by atoms with Crippen molar-refractivity contribution in [1.82, 2.24) is 0 Å². The minimum absolute atomic E-state index is 0.0740. The van der Waals surface area contributed by atoms with E-state index in [-0.39, 0.29) is 6.10 Å². The number of hydrogen-bond donors (Lipinski definition) is 1. The van der Waals surface area contributed by atoms with E-state index in [1.807, 2.05) is 25.1 Å². The molecular formula is C18H22ClNO. The van der Waals surface area contributed by atoms with Crippen molar-refractivity contribution >= 4 is 17.3 Å². The van der Waals surface area contributed by atoms with Crippen molar-refractivity contribution in [3.63, 3.8) is 0 Å². The molecule has 0 saturated heterocycles. The van der Waals surface area contributed by atoms with Gasteiger partial charge >= 0.3 is 0 Å². The normalized spacial score (nSPS) is 12.0. The van der Waals surface area contributed by atoms with Gasteiger partial charge in [-0.25, -0.2) is 0 Å². The molecule has 0 aliphatic heterocycles. The highest BCUT2D eigenvalue weighted by Crippen LogP contribution is 2.24. The van der Waals surface area contributed by atoms with E-state index in [2.05, 4.69) is 44.3 Å². The molecule has 2 aromatic rings. The highest BCUT2D eigenvalue weighted by molar-refractivity contribution is 6.31. The number of para-hydroxylation sites is 1. The van der Waals surface area contributed by atoms with Crippen LogP contribution in [0.1, 0.15) is 23.6 Å². The molecule has 0 aliphatic carbocycles. The molecule has 3 heteroatoms. The maximum Gasteiger partial charge on any atom is 0.125 e. The summed E-state index contributed by atoms with van der Waals surface area (Å²) in [5.41, 5.74) is 4.44. The zero-order chi connectivity index (χ0) is 15.4. The summed E-state index contributed by atoms with van der Waals surface area (Å²) in [5.74, 6) is 0.980. The summed E-state index contributed by atoms with van der Waals surface area (Å²) in [6.45, 7) is 8.94. The Morgan fingerprint density at radius 2 is 1.71 bits per heavy atom. The van der Waals surface area contributed by atoms with Crippen molar-refractivity contribution in [2.45, 2.75) is 33.8 Å². The summed E-state index contributed by atoms with van der Waals surface area (Å²) >= 11 is 6.13. The Labute approximate surface area is 132 Å². The van der Waals surface area contributed by atoms with Crippen molar-refractivity contribution in [1.29, 1.82) is 0 Å². The molecule has 2 nitrogen and oxygen atoms in total. The zero-order valence-corrected chi connectivity index (χ0v) is 13.8. The molecule has 0 heterocycles. The lowest BCUT2D eigenvalue weighted by Gasteiger charge is -2.19. The fourth-order valence-corrected chi connectivity index (χ4v) is 2.37. The minimum atomic E-state index is 0.0740. The smallest absolute Gasteiger partial charge is 0.125 e. The van der Waals surface area contributed by atoms with Gasteiger partial charge in [-0.2, -0.15) is 0 Å². The van der Waals surface area contributed by atoms with E-state index < -0.39 is 0 Å². The standard InChI is InChI=1S/C18H22ClNO/c1-12-8-9-16(10-17(12)19)20-11-15(4)21-18-13(2)6-5-7-14(18)3/h5-10,15,20H,11H2,1-4H3. The summed E-state index contributed by atoms with van der Waals surface area (Å²) in [7, 11) is 0. The van der Waals surface area contributed by atoms with E-state index in [0.717, 1.165) is 28.6 Å². The Morgan fingerprint density at radius 1 is 1.05 bits per heavy atom. The van der Waals surface area contributed by atoms with Gasteiger partial charge in [0.1, 0.15) is 11.9 Å². The average molecular weight is 304 g/mol. The molecule has 1 atom stereocenters. The van der Waals surface area contributed by atoms with Gasteiger partial charge in [0.05, 0.1) is 6.54 Å². The Balaban J connectivity index is 1.96. The maximum absolute atomic E-state index is 6.13. The summed E-state index contributed by atoms with van der Waals surface area (Å²) in [6, 6.07) is 12.2. The number of aryl methyl sites for hydroxylation is 3. The second-order valence-electron chi connectivity index (χ2n) is 5.49. The second kappa shape index (κ2) is 6.86. The van der Waals surface area contributed by atoms with Gasteiger partial charge in [-0.1, -0.05) is 35.9 Å². The molecule has 0 aliphatic rings. The Kier molecular flexibility index (Phi) is 5.13. The van der Waals surface area contributed by atoms with Gasteiger partial charge in [-0.15, -0.1) is 0 Å². The number of halogens is 1. The molecular weight excluding hydrogens is 282 g/mol. The molecule has 1 N–H and O–H groups in total. The SMILES string of the molecule is Cc1ccc(NCC(C)Oc2c(C)cccc2C)cc1Cl. The Morgan fingerprint density at radius 3 is 2.33 bits per heavy atom. The van der Waals surface area contributed by atoms with Gasteiger partial charge in [0.15, 0.2) is 0 Å². The van der Waals surface area contributed by atoms with Crippen LogP contribution in [0.15, 0.2) is 36.4 Å². The van der Waals surface area contributed by atoms with Crippen LogP contribution < -0.4 is 10.1 Å². The van der Waals surface area contributed by atoms with E-state index in [9.17, 15) is 0 Å². The Bertz CT molecular complexity index is 604. The summed E-state index contributed by atoms with van der Waals surface area (Å²) in [6.07, 6.45) is 0.0740. The molecule has 0 saturated carbocycles. The lowest BCUT2D eigenvalue weighted by molar-refractivity contribution is 0.231. The van der Waals surface area contributed by atoms with Gasteiger partial charge in [0, 0.05) is 10.7 Å². The van der Waals surface area contributed by atoms with Crippen LogP contribution in [0.25, 0.3) is 0 Å². The average Bonchev–Trinajstić information content (AvgIpc) is 2.44. The predicted molar refractivity (Wildman–Crippen MR) is 90.7 cm³/mol. The number of rotatable bonds is 5. The lowest BCUT2D eigenvalue weighted by Crippen LogP contribution is -2.23. The summed E-state index contributed by atoms with van der Waals surface area (Å²) < 4.78 is 6.06. The van der Waals surface area contributed by atoms with Gasteiger partial charge in [-0.05, 0) is 56.5 Å². The van der Waals surface area contributed by atoms with E-state index in [0.29, 0.717) is 0 Å². The van der Waals surface area contributed by atoms with Crippen molar-refractivity contribution in [2.24, 2.45) is 0 Å². The minimum Gasteiger partial charge on any atom is -0.488 e. The molecule has 0 bridgehead atoms. The van der Waals surface area contributed by atoms with E-state index in [1.165, 1.54) is 11.1 Å². The topological polar surface area (TPSA) is 21.3 Å². The quantitative estimate of drug-likeness (QED) is 0.825. The molecule has 0 aromatic heterocycles. The molecule has 2 rings (SSSR count). The van der Waals surface area contributed by atoms with E-state index >= 15 is 0 Å². The monoisotopic (exact) mass is 303 g/mol. The van der Waals surface area contributed by atoms with Gasteiger partial charge < -0.3 is 10.1 Å². The first-order chi connectivity index (χ1) is 9.97. The van der Waals surface area contributed by atoms with Gasteiger partial charge in [-0.3, -0.25) is 0 Å². The molecule has 112 valence electrons. The van der Waals surface area contributed by atoms with Crippen LogP contribution in [0.5, 0.6) is 5.75 Å². The molecule has 1 unspecified atom stereocenters. The van der Waals surface area contributed by atoms with Gasteiger partial charge in [0.25, 0.3) is 0 Å². The molecule has 0 amide bonds. The third-order valence-electron chi connectivity index (χ3n) is 3.49. The number of nitrogens with one attached hydrogen (secondary N) is 1. The van der Waals surface area contributed by atoms with Crippen LogP contribution in [0.3, 0.4) is 0 Å². The first kappa shape index (κ1) is 15.7. The summed E-state index contributed by atoms with van der Waals surface area (Å²) in [4.78, 5) is 0. The van der Waals surface area contributed by atoms with Crippen LogP contribution in [-0.4, -0.2) is 12.6 Å². The number of anilines is 1. The third-order valence-corrected chi connectivity index (χ3v) is 3.90. The number of benzene rings is 2. The third kappa shape index (κ3) is 4.15. The van der Waals surface area contributed by atoms with Crippen LogP contribution in [0, 0.1) is 20.8 Å². The van der Waals surface area contributed by atoms with Crippen molar-refractivity contribution in [3.05, 3.63) is 58.1 Å². The van der Waals surface area contributed by atoms with Crippen LogP contribution >= 0.6 is 11.6 Å².